The van der Waals surface area contributed by atoms with Crippen LogP contribution in [0.1, 0.15) is 20.7 Å². The molecule has 0 spiro atoms. The van der Waals surface area contributed by atoms with E-state index >= 15 is 0 Å². The third-order valence-electron chi connectivity index (χ3n) is 4.62. The number of halogens is 1. The molecule has 0 saturated heterocycles. The highest BCUT2D eigenvalue weighted by atomic mass is 35.5. The summed E-state index contributed by atoms with van der Waals surface area (Å²) in [5.74, 6) is -2.64. The van der Waals surface area contributed by atoms with E-state index in [2.05, 4.69) is 15.6 Å². The maximum Gasteiger partial charge on any atom is 0.339 e. The van der Waals surface area contributed by atoms with Crippen LogP contribution < -0.4 is 15.5 Å². The molecule has 1 aliphatic heterocycles. The predicted octanol–water partition coefficient (Wildman–Crippen LogP) is 3.62. The zero-order valence-corrected chi connectivity index (χ0v) is 18.6. The lowest BCUT2D eigenvalue weighted by Gasteiger charge is -2.18. The van der Waals surface area contributed by atoms with Gasteiger partial charge in [0.2, 0.25) is 0 Å². The third kappa shape index (κ3) is 4.34. The molecule has 1 aliphatic rings. The highest BCUT2D eigenvalue weighted by Gasteiger charge is 2.40. The second-order valence-electron chi connectivity index (χ2n) is 6.64. The summed E-state index contributed by atoms with van der Waals surface area (Å²) in [7, 11) is 1.20. The number of nitrogens with zero attached hydrogens (tertiary/aromatic N) is 2. The number of nitrogens with one attached hydrogen (secondary N) is 2. The van der Waals surface area contributed by atoms with Crippen LogP contribution in [-0.4, -0.2) is 35.8 Å². The molecule has 0 atom stereocenters. The van der Waals surface area contributed by atoms with Crippen LogP contribution in [0.4, 0.5) is 16.5 Å². The van der Waals surface area contributed by atoms with Crippen molar-refractivity contribution < 1.29 is 23.9 Å². The fraction of sp³-hybridized carbons (Fsp3) is 0.0455. The van der Waals surface area contributed by atoms with Gasteiger partial charge in [-0.05, 0) is 30.3 Å². The van der Waals surface area contributed by atoms with E-state index in [1.807, 2.05) is 0 Å². The van der Waals surface area contributed by atoms with Gasteiger partial charge in [0.1, 0.15) is 10.7 Å². The zero-order chi connectivity index (χ0) is 23.5. The van der Waals surface area contributed by atoms with E-state index in [1.54, 1.807) is 41.9 Å². The second kappa shape index (κ2) is 9.23. The first kappa shape index (κ1) is 22.2. The Labute approximate surface area is 196 Å². The highest BCUT2D eigenvalue weighted by molar-refractivity contribution is 7.13. The Morgan fingerprint density at radius 2 is 1.88 bits per heavy atom. The van der Waals surface area contributed by atoms with E-state index in [9.17, 15) is 19.2 Å². The number of anilines is 3. The molecule has 2 N–H and O–H groups in total. The molecule has 4 rings (SSSR count). The lowest BCUT2D eigenvalue weighted by atomic mass is 10.1. The molecular weight excluding hydrogens is 468 g/mol. The average Bonchev–Trinajstić information content (AvgIpc) is 3.41. The van der Waals surface area contributed by atoms with Gasteiger partial charge in [0.15, 0.2) is 5.13 Å². The molecule has 11 heteroatoms. The number of para-hydroxylation sites is 1. The van der Waals surface area contributed by atoms with Gasteiger partial charge in [0.05, 0.1) is 18.4 Å². The quantitative estimate of drug-likeness (QED) is 0.407. The molecule has 166 valence electrons. The van der Waals surface area contributed by atoms with Gasteiger partial charge in [0, 0.05) is 22.8 Å². The van der Waals surface area contributed by atoms with E-state index in [4.69, 9.17) is 16.3 Å². The summed E-state index contributed by atoms with van der Waals surface area (Å²) < 4.78 is 4.74. The lowest BCUT2D eigenvalue weighted by Crippen LogP contribution is -2.33. The molecule has 2 heterocycles. The normalized spacial score (nSPS) is 13.3. The second-order valence-corrected chi connectivity index (χ2v) is 7.91. The summed E-state index contributed by atoms with van der Waals surface area (Å²) in [5.41, 5.74) is 0.564. The summed E-state index contributed by atoms with van der Waals surface area (Å²) in [6.45, 7) is 0. The third-order valence-corrected chi connectivity index (χ3v) is 5.66. The van der Waals surface area contributed by atoms with Gasteiger partial charge in [-0.2, -0.15) is 0 Å². The number of hydrogen-bond acceptors (Lipinski definition) is 8. The predicted molar refractivity (Wildman–Crippen MR) is 123 cm³/mol. The Morgan fingerprint density at radius 3 is 2.61 bits per heavy atom. The van der Waals surface area contributed by atoms with Gasteiger partial charge in [0.25, 0.3) is 17.7 Å². The number of esters is 1. The Balaban J connectivity index is 1.59. The van der Waals surface area contributed by atoms with Crippen LogP contribution in [0.5, 0.6) is 0 Å². The number of amides is 3. The monoisotopic (exact) mass is 482 g/mol. The van der Waals surface area contributed by atoms with Gasteiger partial charge in [-0.15, -0.1) is 11.3 Å². The van der Waals surface area contributed by atoms with Crippen molar-refractivity contribution in [1.82, 2.24) is 4.98 Å². The van der Waals surface area contributed by atoms with Gasteiger partial charge < -0.3 is 10.1 Å². The molecule has 3 amide bonds. The van der Waals surface area contributed by atoms with Crippen molar-refractivity contribution in [3.8, 4) is 0 Å². The van der Waals surface area contributed by atoms with Crippen molar-refractivity contribution in [2.24, 2.45) is 0 Å². The number of carbonyl (C=O) groups excluding carboxylic acids is 4. The van der Waals surface area contributed by atoms with Crippen molar-refractivity contribution in [3.63, 3.8) is 0 Å². The van der Waals surface area contributed by atoms with Crippen molar-refractivity contribution in [2.45, 2.75) is 0 Å². The molecule has 2 aromatic carbocycles. The van der Waals surface area contributed by atoms with E-state index in [1.165, 1.54) is 36.6 Å². The SMILES string of the molecule is COC(=O)c1ccccc1N1C(=O)C(Cl)=C(Nc2cccc(C(=O)Nc3nccs3)c2)C1=O. The number of methoxy groups -OCH3 is 1. The minimum absolute atomic E-state index is 0.0354. The first-order chi connectivity index (χ1) is 15.9. The number of carbonyl (C=O) groups is 4. The summed E-state index contributed by atoms with van der Waals surface area (Å²) in [6, 6.07) is 12.3. The molecule has 0 aliphatic carbocycles. The van der Waals surface area contributed by atoms with Gasteiger partial charge in [-0.25, -0.2) is 14.7 Å². The molecule has 33 heavy (non-hydrogen) atoms. The largest absolute Gasteiger partial charge is 0.465 e. The van der Waals surface area contributed by atoms with Crippen LogP contribution in [0.15, 0.2) is 70.8 Å². The smallest absolute Gasteiger partial charge is 0.339 e. The zero-order valence-electron chi connectivity index (χ0n) is 17.0. The van der Waals surface area contributed by atoms with Crippen LogP contribution >= 0.6 is 22.9 Å². The van der Waals surface area contributed by atoms with Crippen molar-refractivity contribution in [3.05, 3.63) is 82.0 Å². The standard InChI is InChI=1S/C22H15ClN4O5S/c1-32-21(31)14-7-2-3-8-15(14)27-19(29)16(23)17(20(27)30)25-13-6-4-5-12(11-13)18(28)26-22-24-9-10-33-22/h2-11,25H,1H3,(H,24,26,28). The van der Waals surface area contributed by atoms with E-state index in [0.29, 0.717) is 16.4 Å². The Kier molecular flexibility index (Phi) is 6.20. The number of rotatable bonds is 6. The Morgan fingerprint density at radius 1 is 1.09 bits per heavy atom. The lowest BCUT2D eigenvalue weighted by molar-refractivity contribution is -0.120. The fourth-order valence-electron chi connectivity index (χ4n) is 3.12. The number of ether oxygens (including phenoxy) is 1. The molecule has 0 radical (unpaired) electrons. The average molecular weight is 483 g/mol. The highest BCUT2D eigenvalue weighted by Crippen LogP contribution is 2.32. The number of aromatic nitrogens is 1. The molecule has 9 nitrogen and oxygen atoms in total. The van der Waals surface area contributed by atoms with Gasteiger partial charge in [-0.3, -0.25) is 19.7 Å². The van der Waals surface area contributed by atoms with Crippen LogP contribution in [0.3, 0.4) is 0 Å². The van der Waals surface area contributed by atoms with E-state index in [0.717, 1.165) is 4.90 Å². The van der Waals surface area contributed by atoms with Crippen molar-refractivity contribution in [2.75, 3.05) is 22.6 Å². The summed E-state index contributed by atoms with van der Waals surface area (Å²) in [6.07, 6.45) is 1.57. The Hall–Kier alpha value is -4.02. The van der Waals surface area contributed by atoms with Crippen molar-refractivity contribution in [1.29, 1.82) is 0 Å². The molecular formula is C22H15ClN4O5S. The van der Waals surface area contributed by atoms with Crippen LogP contribution in [0.25, 0.3) is 0 Å². The van der Waals surface area contributed by atoms with Crippen LogP contribution in [0, 0.1) is 0 Å². The molecule has 0 bridgehead atoms. The van der Waals surface area contributed by atoms with Crippen LogP contribution in [0.2, 0.25) is 0 Å². The Bertz CT molecular complexity index is 1310. The van der Waals surface area contributed by atoms with Gasteiger partial charge in [-0.1, -0.05) is 29.8 Å². The molecule has 0 unspecified atom stereocenters. The maximum absolute atomic E-state index is 13.1. The summed E-state index contributed by atoms with van der Waals surface area (Å²) >= 11 is 7.46. The fourth-order valence-corrected chi connectivity index (χ4v) is 3.85. The molecule has 1 aromatic heterocycles. The van der Waals surface area contributed by atoms with E-state index in [-0.39, 0.29) is 22.0 Å². The topological polar surface area (TPSA) is 118 Å². The minimum atomic E-state index is -0.793. The molecule has 0 saturated carbocycles. The maximum atomic E-state index is 13.1. The number of thiazole rings is 1. The summed E-state index contributed by atoms with van der Waals surface area (Å²) in [4.78, 5) is 55.2. The number of imide groups is 1. The first-order valence-corrected chi connectivity index (χ1v) is 10.7. The van der Waals surface area contributed by atoms with E-state index < -0.39 is 23.7 Å². The number of benzene rings is 2. The summed E-state index contributed by atoms with van der Waals surface area (Å²) in [5, 5.41) is 7.30. The van der Waals surface area contributed by atoms with Crippen LogP contribution in [-0.2, 0) is 14.3 Å². The van der Waals surface area contributed by atoms with Crippen molar-refractivity contribution >= 4 is 63.1 Å². The minimum Gasteiger partial charge on any atom is -0.465 e. The van der Waals surface area contributed by atoms with Gasteiger partial charge >= 0.3 is 5.97 Å². The number of hydrogen-bond donors (Lipinski definition) is 2. The first-order valence-electron chi connectivity index (χ1n) is 9.44. The molecule has 3 aromatic rings. The molecule has 0 fully saturated rings.